The van der Waals surface area contributed by atoms with Crippen LogP contribution in [-0.4, -0.2) is 4.21 Å². The van der Waals surface area contributed by atoms with Crippen LogP contribution in [0.1, 0.15) is 0 Å². The highest BCUT2D eigenvalue weighted by atomic mass is 32.2. The van der Waals surface area contributed by atoms with Crippen molar-refractivity contribution in [1.29, 1.82) is 0 Å². The van der Waals surface area contributed by atoms with Gasteiger partial charge in [0.25, 0.3) is 0 Å². The second kappa shape index (κ2) is 12.4. The zero-order valence-electron chi connectivity index (χ0n) is 28.1. The van der Waals surface area contributed by atoms with Gasteiger partial charge in [-0.05, 0) is 80.9 Å². The zero-order valence-corrected chi connectivity index (χ0v) is 28.9. The Bertz CT molecular complexity index is 2690. The smallest absolute Gasteiger partial charge is 0.159 e. The number of rotatable bonds is 5. The van der Waals surface area contributed by atoms with Crippen molar-refractivity contribution in [3.05, 3.63) is 188 Å². The third-order valence-electron chi connectivity index (χ3n) is 10.1. The summed E-state index contributed by atoms with van der Waals surface area (Å²) in [5.41, 5.74) is 13.1. The lowest BCUT2D eigenvalue weighted by Gasteiger charge is -2.33. The molecule has 0 saturated carbocycles. The van der Waals surface area contributed by atoms with Gasteiger partial charge in [0.2, 0.25) is 0 Å². The molecule has 246 valence electrons. The number of furan rings is 1. The number of fused-ring (bicyclic) bond motifs is 5. The first kappa shape index (κ1) is 30.3. The molecule has 1 aliphatic heterocycles. The Morgan fingerprint density at radius 1 is 0.385 bits per heavy atom. The Morgan fingerprint density at radius 3 is 1.40 bits per heavy atom. The van der Waals surface area contributed by atoms with E-state index in [0.717, 1.165) is 93.3 Å². The van der Waals surface area contributed by atoms with Crippen LogP contribution < -0.4 is 4.90 Å². The molecule has 0 amide bonds. The average molecular weight is 686 g/mol. The lowest BCUT2D eigenvalue weighted by atomic mass is 9.94. The van der Waals surface area contributed by atoms with Gasteiger partial charge in [-0.1, -0.05) is 152 Å². The Kier molecular flexibility index (Phi) is 7.22. The molecule has 10 rings (SSSR count). The Morgan fingerprint density at radius 2 is 0.846 bits per heavy atom. The van der Waals surface area contributed by atoms with Crippen molar-refractivity contribution >= 4 is 49.8 Å². The van der Waals surface area contributed by atoms with Crippen molar-refractivity contribution in [3.8, 4) is 44.5 Å². The summed E-state index contributed by atoms with van der Waals surface area (Å²) in [6.07, 6.45) is 0. The summed E-state index contributed by atoms with van der Waals surface area (Å²) < 4.78 is 21.6. The largest absolute Gasteiger partial charge is 0.454 e. The summed E-state index contributed by atoms with van der Waals surface area (Å²) in [5.74, 6) is 0. The summed E-state index contributed by atoms with van der Waals surface area (Å²) >= 11 is 0. The number of para-hydroxylation sites is 2. The van der Waals surface area contributed by atoms with E-state index in [2.05, 4.69) is 163 Å². The molecule has 4 heteroatoms. The highest BCUT2D eigenvalue weighted by Crippen LogP contribution is 2.51. The van der Waals surface area contributed by atoms with Crippen LogP contribution in [0, 0.1) is 0 Å². The third kappa shape index (κ3) is 4.91. The van der Waals surface area contributed by atoms with Gasteiger partial charge in [-0.25, -0.2) is 4.21 Å². The molecule has 0 N–H and O–H groups in total. The number of hydrogen-bond acceptors (Lipinski definition) is 3. The molecule has 0 unspecified atom stereocenters. The van der Waals surface area contributed by atoms with Gasteiger partial charge in [0.15, 0.2) is 5.58 Å². The van der Waals surface area contributed by atoms with Crippen LogP contribution in [0.4, 0.5) is 17.1 Å². The number of nitrogens with zero attached hydrogens (tertiary/aromatic N) is 1. The molecule has 9 aromatic rings. The van der Waals surface area contributed by atoms with E-state index in [0.29, 0.717) is 0 Å². The molecule has 0 atom stereocenters. The van der Waals surface area contributed by atoms with E-state index >= 15 is 4.21 Å². The number of anilines is 3. The van der Waals surface area contributed by atoms with Crippen LogP contribution in [0.3, 0.4) is 0 Å². The standard InChI is InChI=1S/C48H31NO2S/c50-52-46-30-34(38-20-9-7-18-36(38)32-14-3-1-4-15-32)26-28-42(46)49(44-24-13-23-41-40-22-11-12-25-45(40)51-48(41)44)43-29-27-35(31-47(43)52)39-21-10-8-19-37(39)33-16-5-2-6-17-33/h1-31H. The predicted octanol–water partition coefficient (Wildman–Crippen LogP) is 13.2. The van der Waals surface area contributed by atoms with Crippen molar-refractivity contribution in [2.24, 2.45) is 0 Å². The van der Waals surface area contributed by atoms with Gasteiger partial charge in [-0.15, -0.1) is 0 Å². The van der Waals surface area contributed by atoms with Crippen molar-refractivity contribution in [2.45, 2.75) is 9.79 Å². The minimum atomic E-state index is -1.48. The molecule has 1 aromatic heterocycles. The molecule has 3 nitrogen and oxygen atoms in total. The SMILES string of the molecule is O=S1c2cc(-c3ccccc3-c3ccccc3)ccc2N(c2cccc3c2oc2ccccc23)c2ccc(-c3ccccc3-c3ccccc3)cc21. The summed E-state index contributed by atoms with van der Waals surface area (Å²) in [7, 11) is -1.48. The van der Waals surface area contributed by atoms with Gasteiger partial charge < -0.3 is 9.32 Å². The average Bonchev–Trinajstić information content (AvgIpc) is 3.61. The minimum Gasteiger partial charge on any atom is -0.454 e. The van der Waals surface area contributed by atoms with Crippen LogP contribution >= 0.6 is 0 Å². The lowest BCUT2D eigenvalue weighted by molar-refractivity contribution is 0.668. The first-order valence-corrected chi connectivity index (χ1v) is 18.6. The molecule has 0 bridgehead atoms. The second-order valence-corrected chi connectivity index (χ2v) is 14.5. The number of benzene rings is 8. The molecule has 0 saturated heterocycles. The second-order valence-electron chi connectivity index (χ2n) is 13.0. The van der Waals surface area contributed by atoms with E-state index in [4.69, 9.17) is 4.42 Å². The molecule has 0 aliphatic carbocycles. The van der Waals surface area contributed by atoms with Crippen LogP contribution in [0.5, 0.6) is 0 Å². The fourth-order valence-corrected chi connectivity index (χ4v) is 9.06. The van der Waals surface area contributed by atoms with E-state index in [1.165, 1.54) is 0 Å². The highest BCUT2D eigenvalue weighted by molar-refractivity contribution is 7.85. The maximum Gasteiger partial charge on any atom is 0.159 e. The van der Waals surface area contributed by atoms with E-state index in [9.17, 15) is 0 Å². The molecule has 2 heterocycles. The van der Waals surface area contributed by atoms with E-state index in [1.54, 1.807) is 0 Å². The summed E-state index contributed by atoms with van der Waals surface area (Å²) in [6, 6.07) is 65.0. The molecule has 0 fully saturated rings. The summed E-state index contributed by atoms with van der Waals surface area (Å²) in [6.45, 7) is 0. The highest BCUT2D eigenvalue weighted by Gasteiger charge is 2.32. The molecule has 8 aromatic carbocycles. The quantitative estimate of drug-likeness (QED) is 0.181. The third-order valence-corrected chi connectivity index (χ3v) is 11.5. The topological polar surface area (TPSA) is 33.5 Å². The lowest BCUT2D eigenvalue weighted by Crippen LogP contribution is -2.19. The van der Waals surface area contributed by atoms with Gasteiger partial charge in [0.1, 0.15) is 5.58 Å². The molecular formula is C48H31NO2S. The normalized spacial score (nSPS) is 12.6. The van der Waals surface area contributed by atoms with Crippen LogP contribution in [-0.2, 0) is 10.8 Å². The van der Waals surface area contributed by atoms with E-state index < -0.39 is 10.8 Å². The summed E-state index contributed by atoms with van der Waals surface area (Å²) in [4.78, 5) is 3.75. The van der Waals surface area contributed by atoms with Crippen molar-refractivity contribution in [2.75, 3.05) is 4.90 Å². The monoisotopic (exact) mass is 685 g/mol. The molecule has 1 aliphatic rings. The van der Waals surface area contributed by atoms with Crippen molar-refractivity contribution in [1.82, 2.24) is 0 Å². The fraction of sp³-hybridized carbons (Fsp3) is 0. The van der Waals surface area contributed by atoms with Gasteiger partial charge >= 0.3 is 0 Å². The van der Waals surface area contributed by atoms with E-state index in [1.807, 2.05) is 30.3 Å². The fourth-order valence-electron chi connectivity index (χ4n) is 7.65. The maximum atomic E-state index is 15.0. The Balaban J connectivity index is 1.20. The van der Waals surface area contributed by atoms with Gasteiger partial charge in [-0.2, -0.15) is 0 Å². The molecule has 0 radical (unpaired) electrons. The van der Waals surface area contributed by atoms with E-state index in [-0.39, 0.29) is 0 Å². The van der Waals surface area contributed by atoms with Crippen LogP contribution in [0.2, 0.25) is 0 Å². The first-order chi connectivity index (χ1) is 25.7. The molecular weight excluding hydrogens is 655 g/mol. The van der Waals surface area contributed by atoms with Crippen LogP contribution in [0.25, 0.3) is 66.4 Å². The first-order valence-electron chi connectivity index (χ1n) is 17.4. The number of hydrogen-bond donors (Lipinski definition) is 0. The Labute approximate surface area is 304 Å². The zero-order chi connectivity index (χ0) is 34.6. The summed E-state index contributed by atoms with van der Waals surface area (Å²) in [5, 5.41) is 2.12. The molecule has 52 heavy (non-hydrogen) atoms. The van der Waals surface area contributed by atoms with Crippen molar-refractivity contribution < 1.29 is 8.63 Å². The van der Waals surface area contributed by atoms with Crippen molar-refractivity contribution in [3.63, 3.8) is 0 Å². The maximum absolute atomic E-state index is 15.0. The van der Waals surface area contributed by atoms with Crippen LogP contribution in [0.15, 0.2) is 202 Å². The van der Waals surface area contributed by atoms with Gasteiger partial charge in [0, 0.05) is 10.8 Å². The Hall–Kier alpha value is -6.49. The van der Waals surface area contributed by atoms with Gasteiger partial charge in [0.05, 0.1) is 37.7 Å². The van der Waals surface area contributed by atoms with Gasteiger partial charge in [-0.3, -0.25) is 0 Å². The predicted molar refractivity (Wildman–Crippen MR) is 215 cm³/mol. The minimum absolute atomic E-state index is 0.759. The molecule has 0 spiro atoms.